The van der Waals surface area contributed by atoms with Gasteiger partial charge in [0, 0.05) is 27.7 Å². The Labute approximate surface area is 156 Å². The average Bonchev–Trinajstić information content (AvgIpc) is 2.90. The van der Waals surface area contributed by atoms with Gasteiger partial charge in [0.2, 0.25) is 0 Å². The molecule has 1 heterocycles. The predicted molar refractivity (Wildman–Crippen MR) is 109 cm³/mol. The smallest absolute Gasteiger partial charge is 0.160 e. The Morgan fingerprint density at radius 3 is 2.33 bits per heavy atom. The summed E-state index contributed by atoms with van der Waals surface area (Å²) in [6.45, 7) is 1.04. The van der Waals surface area contributed by atoms with Crippen molar-refractivity contribution in [2.45, 2.75) is 6.42 Å². The van der Waals surface area contributed by atoms with Gasteiger partial charge in [-0.15, -0.1) is 29.9 Å². The highest BCUT2D eigenvalue weighted by atomic mass is 35.5. The van der Waals surface area contributed by atoms with E-state index in [0.29, 0.717) is 0 Å². The van der Waals surface area contributed by atoms with E-state index in [0.717, 1.165) is 35.7 Å². The third kappa shape index (κ3) is 4.93. The van der Waals surface area contributed by atoms with Crippen molar-refractivity contribution in [1.82, 2.24) is 14.8 Å². The number of anilines is 2. The Morgan fingerprint density at radius 1 is 1.08 bits per heavy atom. The molecule has 3 N–H and O–H groups in total. The Bertz CT molecular complexity index is 627. The second-order valence-corrected chi connectivity index (χ2v) is 5.46. The van der Waals surface area contributed by atoms with E-state index in [2.05, 4.69) is 64.4 Å². The highest BCUT2D eigenvalue weighted by Crippen LogP contribution is 2.34. The molecule has 8 heteroatoms. The number of hydrogen-bond donors (Lipinski definition) is 3. The van der Waals surface area contributed by atoms with Gasteiger partial charge in [-0.1, -0.05) is 24.3 Å². The second-order valence-electron chi connectivity index (χ2n) is 5.46. The van der Waals surface area contributed by atoms with Crippen LogP contribution >= 0.6 is 24.8 Å². The first-order chi connectivity index (χ1) is 10.6. The van der Waals surface area contributed by atoms with E-state index >= 15 is 0 Å². The summed E-state index contributed by atoms with van der Waals surface area (Å²) in [6, 6.07) is 8.64. The van der Waals surface area contributed by atoms with Gasteiger partial charge in [0.25, 0.3) is 0 Å². The van der Waals surface area contributed by atoms with Crippen LogP contribution in [0.2, 0.25) is 0 Å². The van der Waals surface area contributed by atoms with Gasteiger partial charge >= 0.3 is 0 Å². The van der Waals surface area contributed by atoms with Gasteiger partial charge < -0.3 is 21.0 Å². The van der Waals surface area contributed by atoms with Gasteiger partial charge in [-0.3, -0.25) is 0 Å². The minimum atomic E-state index is 0. The third-order valence-electron chi connectivity index (χ3n) is 3.63. The summed E-state index contributed by atoms with van der Waals surface area (Å²) >= 11 is 0. The van der Waals surface area contributed by atoms with E-state index in [1.807, 2.05) is 21.1 Å². The molecule has 1 aromatic carbocycles. The van der Waals surface area contributed by atoms with E-state index in [1.165, 1.54) is 5.56 Å². The monoisotopic (exact) mass is 374 g/mol. The summed E-state index contributed by atoms with van der Waals surface area (Å²) in [4.78, 5) is 3.94. The average molecular weight is 375 g/mol. The minimum Gasteiger partial charge on any atom is -0.371 e. The van der Waals surface area contributed by atoms with Crippen molar-refractivity contribution in [2.24, 2.45) is 0 Å². The highest BCUT2D eigenvalue weighted by molar-refractivity contribution is 5.86. The van der Waals surface area contributed by atoms with Crippen molar-refractivity contribution in [2.75, 3.05) is 57.8 Å². The molecule has 0 saturated carbocycles. The Morgan fingerprint density at radius 2 is 1.79 bits per heavy atom. The number of halogens is 2. The predicted octanol–water partition coefficient (Wildman–Crippen LogP) is 2.75. The number of hydrogen-bond acceptors (Lipinski definition) is 5. The molecule has 136 valence electrons. The molecule has 0 fully saturated rings. The van der Waals surface area contributed by atoms with Gasteiger partial charge in [0.15, 0.2) is 11.6 Å². The molecule has 24 heavy (non-hydrogen) atoms. The summed E-state index contributed by atoms with van der Waals surface area (Å²) in [7, 11) is 9.84. The van der Waals surface area contributed by atoms with Crippen molar-refractivity contribution >= 4 is 36.4 Å². The molecule has 0 aliphatic rings. The lowest BCUT2D eigenvalue weighted by Gasteiger charge is -2.11. The molecule has 0 unspecified atom stereocenters. The Hall–Kier alpha value is -1.63. The van der Waals surface area contributed by atoms with Crippen molar-refractivity contribution in [3.63, 3.8) is 0 Å². The third-order valence-corrected chi connectivity index (χ3v) is 3.63. The quantitative estimate of drug-likeness (QED) is 0.695. The first-order valence-electron chi connectivity index (χ1n) is 7.51. The van der Waals surface area contributed by atoms with E-state index < -0.39 is 0 Å². The molecule has 0 amide bonds. The molecule has 0 aliphatic heterocycles. The molecule has 0 aliphatic carbocycles. The fourth-order valence-corrected chi connectivity index (χ4v) is 2.49. The topological polar surface area (TPSA) is 57.2 Å². The van der Waals surface area contributed by atoms with Gasteiger partial charge in [-0.05, 0) is 31.6 Å². The number of benzene rings is 1. The first kappa shape index (κ1) is 22.4. The molecule has 2 aromatic rings. The van der Waals surface area contributed by atoms with Gasteiger partial charge in [0.1, 0.15) is 0 Å². The summed E-state index contributed by atoms with van der Waals surface area (Å²) in [5.74, 6) is 1.79. The van der Waals surface area contributed by atoms with Gasteiger partial charge in [-0.2, -0.15) is 4.79 Å². The first-order valence-corrected chi connectivity index (χ1v) is 7.51. The largest absolute Gasteiger partial charge is 0.371 e. The molecule has 0 atom stereocenters. The number of rotatable bonds is 7. The fraction of sp³-hybridized carbons (Fsp3) is 0.438. The van der Waals surface area contributed by atoms with Crippen LogP contribution in [0.15, 0.2) is 24.3 Å². The number of nitrogens with zero attached hydrogens (tertiary/aromatic N) is 3. The van der Waals surface area contributed by atoms with Gasteiger partial charge in [-0.25, -0.2) is 0 Å². The maximum atomic E-state index is 4.52. The molecule has 0 bridgehead atoms. The van der Waals surface area contributed by atoms with Crippen LogP contribution in [0.3, 0.4) is 0 Å². The Kier molecular flexibility index (Phi) is 9.58. The highest BCUT2D eigenvalue weighted by Gasteiger charge is 2.17. The number of likely N-dealkylation sites (N-methyl/N-ethyl adjacent to an activating group) is 1. The van der Waals surface area contributed by atoms with E-state index in [4.69, 9.17) is 0 Å². The van der Waals surface area contributed by atoms with E-state index in [-0.39, 0.29) is 24.8 Å². The van der Waals surface area contributed by atoms with Gasteiger partial charge in [0.05, 0.1) is 5.56 Å². The summed E-state index contributed by atoms with van der Waals surface area (Å²) in [5.41, 5.74) is 6.62. The zero-order valence-corrected chi connectivity index (χ0v) is 16.5. The van der Waals surface area contributed by atoms with Crippen LogP contribution in [0, 0.1) is 0 Å². The van der Waals surface area contributed by atoms with Crippen LogP contribution in [0.5, 0.6) is 0 Å². The van der Waals surface area contributed by atoms with Crippen LogP contribution in [0.4, 0.5) is 11.6 Å². The fourth-order valence-electron chi connectivity index (χ4n) is 2.49. The normalized spacial score (nSPS) is 9.92. The SMILES string of the molecule is CNc1nn(NC)c(NC)c1-c1cccc(CCN(C)C)c1.Cl.Cl. The van der Waals surface area contributed by atoms with Crippen LogP contribution in [0.1, 0.15) is 5.56 Å². The zero-order valence-electron chi connectivity index (χ0n) is 14.9. The molecule has 0 spiro atoms. The Balaban J connectivity index is 0.00000264. The van der Waals surface area contributed by atoms with E-state index in [9.17, 15) is 0 Å². The van der Waals surface area contributed by atoms with Crippen molar-refractivity contribution in [1.29, 1.82) is 0 Å². The zero-order chi connectivity index (χ0) is 16.1. The van der Waals surface area contributed by atoms with E-state index in [1.54, 1.807) is 4.79 Å². The maximum absolute atomic E-state index is 4.52. The van der Waals surface area contributed by atoms with Crippen LogP contribution < -0.4 is 16.1 Å². The molecule has 2 rings (SSSR count). The molecular formula is C16H28Cl2N6. The minimum absolute atomic E-state index is 0. The standard InChI is InChI=1S/C16H26N6.2ClH/c1-17-15-14(16(18-2)22(19-3)20-15)13-8-6-7-12(11-13)9-10-21(4)5;;/h6-8,11,18-19H,9-10H2,1-5H3,(H,17,20);2*1H. The summed E-state index contributed by atoms with van der Waals surface area (Å²) in [6.07, 6.45) is 1.03. The number of aromatic nitrogens is 2. The molecule has 6 nitrogen and oxygen atoms in total. The molecular weight excluding hydrogens is 347 g/mol. The lowest BCUT2D eigenvalue weighted by Crippen LogP contribution is -2.15. The maximum Gasteiger partial charge on any atom is 0.160 e. The molecule has 0 radical (unpaired) electrons. The lowest BCUT2D eigenvalue weighted by molar-refractivity contribution is 0.413. The number of nitrogens with one attached hydrogen (secondary N) is 3. The summed E-state index contributed by atoms with van der Waals surface area (Å²) < 4.78 is 0. The van der Waals surface area contributed by atoms with Crippen LogP contribution in [-0.2, 0) is 6.42 Å². The molecule has 0 saturated heterocycles. The van der Waals surface area contributed by atoms with Crippen molar-refractivity contribution < 1.29 is 0 Å². The molecule has 1 aromatic heterocycles. The van der Waals surface area contributed by atoms with Crippen LogP contribution in [0.25, 0.3) is 11.1 Å². The van der Waals surface area contributed by atoms with Crippen molar-refractivity contribution in [3.05, 3.63) is 29.8 Å². The second kappa shape index (κ2) is 10.3. The van der Waals surface area contributed by atoms with Crippen LogP contribution in [-0.4, -0.2) is 56.6 Å². The lowest BCUT2D eigenvalue weighted by atomic mass is 10.0. The van der Waals surface area contributed by atoms with Crippen molar-refractivity contribution in [3.8, 4) is 11.1 Å². The summed E-state index contributed by atoms with van der Waals surface area (Å²) in [5, 5.41) is 10.9.